The Morgan fingerprint density at radius 3 is 2.63 bits per heavy atom. The van der Waals surface area contributed by atoms with E-state index in [1.807, 2.05) is 53.4 Å². The zero-order valence-electron chi connectivity index (χ0n) is 21.9. The standard InChI is InChI=1S/C32H32N4O2/c1-22-16-29-26(18-30(22)36(23(2)37)28-10-6-7-11-28)14-15-34-32(29)35-20-27-17-25(19-33)12-13-31(27)38-21-24-8-4-3-5-9-24/h3-5,8-9,12-18,28H,6-7,10-11,20-21H2,1-2H3,(H,34,35). The first-order chi connectivity index (χ1) is 18.5. The summed E-state index contributed by atoms with van der Waals surface area (Å²) in [5.41, 5.74) is 4.57. The van der Waals surface area contributed by atoms with Gasteiger partial charge in [-0.05, 0) is 72.7 Å². The third-order valence-electron chi connectivity index (χ3n) is 7.24. The average molecular weight is 505 g/mol. The monoisotopic (exact) mass is 504 g/mol. The van der Waals surface area contributed by atoms with Crippen LogP contribution in [0.4, 0.5) is 11.5 Å². The number of amides is 1. The number of nitriles is 1. The summed E-state index contributed by atoms with van der Waals surface area (Å²) in [6.07, 6.45) is 6.23. The highest BCUT2D eigenvalue weighted by atomic mass is 16.5. The number of rotatable bonds is 8. The molecule has 4 aromatic rings. The zero-order chi connectivity index (χ0) is 26.5. The molecule has 0 unspecified atom stereocenters. The maximum atomic E-state index is 12.6. The number of hydrogen-bond acceptors (Lipinski definition) is 5. The number of anilines is 2. The van der Waals surface area contributed by atoms with Crippen molar-refractivity contribution in [3.8, 4) is 11.8 Å². The largest absolute Gasteiger partial charge is 0.489 e. The fraction of sp³-hybridized carbons (Fsp3) is 0.281. The molecule has 6 nitrogen and oxygen atoms in total. The van der Waals surface area contributed by atoms with Crippen molar-refractivity contribution in [2.45, 2.75) is 58.7 Å². The van der Waals surface area contributed by atoms with E-state index in [1.165, 1.54) is 12.8 Å². The quantitative estimate of drug-likeness (QED) is 0.282. The van der Waals surface area contributed by atoms with Crippen LogP contribution in [0.3, 0.4) is 0 Å². The predicted molar refractivity (Wildman–Crippen MR) is 151 cm³/mol. The van der Waals surface area contributed by atoms with Crippen molar-refractivity contribution in [2.75, 3.05) is 10.2 Å². The molecule has 38 heavy (non-hydrogen) atoms. The number of nitrogens with zero attached hydrogens (tertiary/aromatic N) is 3. The first-order valence-corrected chi connectivity index (χ1v) is 13.2. The number of nitrogens with one attached hydrogen (secondary N) is 1. The van der Waals surface area contributed by atoms with Crippen molar-refractivity contribution in [1.29, 1.82) is 5.26 Å². The third kappa shape index (κ3) is 5.47. The highest BCUT2D eigenvalue weighted by Gasteiger charge is 2.27. The van der Waals surface area contributed by atoms with Crippen LogP contribution in [0.15, 0.2) is 72.9 Å². The van der Waals surface area contributed by atoms with Crippen LogP contribution in [0.1, 0.15) is 54.9 Å². The minimum absolute atomic E-state index is 0.0900. The van der Waals surface area contributed by atoms with Crippen molar-refractivity contribution in [3.63, 3.8) is 0 Å². The van der Waals surface area contributed by atoms with Crippen molar-refractivity contribution in [2.24, 2.45) is 0 Å². The Morgan fingerprint density at radius 1 is 1.11 bits per heavy atom. The lowest BCUT2D eigenvalue weighted by atomic mass is 10.0. The number of benzene rings is 3. The first-order valence-electron chi connectivity index (χ1n) is 13.2. The molecule has 0 atom stereocenters. The van der Waals surface area contributed by atoms with Gasteiger partial charge in [0, 0.05) is 42.3 Å². The second-order valence-electron chi connectivity index (χ2n) is 9.91. The first kappa shape index (κ1) is 25.3. The van der Waals surface area contributed by atoms with Gasteiger partial charge in [0.1, 0.15) is 18.2 Å². The van der Waals surface area contributed by atoms with E-state index in [1.54, 1.807) is 19.2 Å². The minimum Gasteiger partial charge on any atom is -0.489 e. The predicted octanol–water partition coefficient (Wildman–Crippen LogP) is 6.90. The topological polar surface area (TPSA) is 78.3 Å². The Hall–Kier alpha value is -4.37. The van der Waals surface area contributed by atoms with Gasteiger partial charge in [-0.1, -0.05) is 43.2 Å². The molecule has 3 aromatic carbocycles. The summed E-state index contributed by atoms with van der Waals surface area (Å²) < 4.78 is 6.12. The molecule has 5 rings (SSSR count). The molecule has 0 bridgehead atoms. The van der Waals surface area contributed by atoms with Gasteiger partial charge in [0.2, 0.25) is 5.91 Å². The summed E-state index contributed by atoms with van der Waals surface area (Å²) >= 11 is 0. The van der Waals surface area contributed by atoms with E-state index in [0.29, 0.717) is 18.7 Å². The molecular formula is C32H32N4O2. The lowest BCUT2D eigenvalue weighted by molar-refractivity contribution is -0.117. The fourth-order valence-corrected chi connectivity index (χ4v) is 5.35. The van der Waals surface area contributed by atoms with Crippen LogP contribution >= 0.6 is 0 Å². The molecule has 1 aliphatic rings. The molecule has 1 amide bonds. The van der Waals surface area contributed by atoms with Crippen molar-refractivity contribution in [3.05, 3.63) is 95.2 Å². The number of aromatic nitrogens is 1. The average Bonchev–Trinajstić information content (AvgIpc) is 3.46. The molecule has 1 aliphatic carbocycles. The lowest BCUT2D eigenvalue weighted by Crippen LogP contribution is -2.37. The van der Waals surface area contributed by atoms with Gasteiger partial charge < -0.3 is 15.0 Å². The number of carbonyl (C=O) groups excluding carboxylic acids is 1. The van der Waals surface area contributed by atoms with Gasteiger partial charge in [-0.3, -0.25) is 4.79 Å². The Morgan fingerprint density at radius 2 is 1.89 bits per heavy atom. The van der Waals surface area contributed by atoms with Crippen LogP contribution in [-0.2, 0) is 17.9 Å². The van der Waals surface area contributed by atoms with Crippen molar-refractivity contribution >= 4 is 28.2 Å². The molecular weight excluding hydrogens is 472 g/mol. The van der Waals surface area contributed by atoms with Gasteiger partial charge in [-0.2, -0.15) is 5.26 Å². The summed E-state index contributed by atoms with van der Waals surface area (Å²) in [6, 6.07) is 24.2. The summed E-state index contributed by atoms with van der Waals surface area (Å²) in [4.78, 5) is 19.2. The van der Waals surface area contributed by atoms with E-state index in [-0.39, 0.29) is 11.9 Å². The maximum absolute atomic E-state index is 12.6. The van der Waals surface area contributed by atoms with E-state index in [9.17, 15) is 10.1 Å². The molecule has 192 valence electrons. The molecule has 6 heteroatoms. The third-order valence-corrected chi connectivity index (χ3v) is 7.24. The van der Waals surface area contributed by atoms with Gasteiger partial charge in [0.15, 0.2) is 0 Å². The molecule has 0 radical (unpaired) electrons. The fourth-order valence-electron chi connectivity index (χ4n) is 5.35. The van der Waals surface area contributed by atoms with Crippen LogP contribution in [0.25, 0.3) is 10.8 Å². The van der Waals surface area contributed by atoms with Gasteiger partial charge in [0.05, 0.1) is 11.6 Å². The normalized spacial score (nSPS) is 13.3. The van der Waals surface area contributed by atoms with Gasteiger partial charge in [-0.25, -0.2) is 4.98 Å². The molecule has 0 aliphatic heterocycles. The van der Waals surface area contributed by atoms with Crippen LogP contribution in [0.5, 0.6) is 5.75 Å². The van der Waals surface area contributed by atoms with Gasteiger partial charge >= 0.3 is 0 Å². The van der Waals surface area contributed by atoms with E-state index < -0.39 is 0 Å². The van der Waals surface area contributed by atoms with Crippen LogP contribution in [-0.4, -0.2) is 16.9 Å². The van der Waals surface area contributed by atoms with E-state index in [0.717, 1.165) is 57.6 Å². The maximum Gasteiger partial charge on any atom is 0.224 e. The molecule has 1 fully saturated rings. The Labute approximate surface area is 223 Å². The molecule has 0 saturated heterocycles. The zero-order valence-corrected chi connectivity index (χ0v) is 21.9. The van der Waals surface area contributed by atoms with Crippen molar-refractivity contribution < 1.29 is 9.53 Å². The minimum atomic E-state index is 0.0900. The van der Waals surface area contributed by atoms with E-state index >= 15 is 0 Å². The van der Waals surface area contributed by atoms with Crippen LogP contribution < -0.4 is 15.0 Å². The Balaban J connectivity index is 1.41. The number of hydrogen-bond donors (Lipinski definition) is 1. The van der Waals surface area contributed by atoms with E-state index in [4.69, 9.17) is 4.74 Å². The van der Waals surface area contributed by atoms with Gasteiger partial charge in [-0.15, -0.1) is 0 Å². The van der Waals surface area contributed by atoms with Crippen LogP contribution in [0, 0.1) is 18.3 Å². The molecule has 1 saturated carbocycles. The number of carbonyl (C=O) groups is 1. The van der Waals surface area contributed by atoms with Crippen molar-refractivity contribution in [1.82, 2.24) is 4.98 Å². The van der Waals surface area contributed by atoms with Crippen LogP contribution in [0.2, 0.25) is 0 Å². The number of ether oxygens (including phenoxy) is 1. The number of pyridine rings is 1. The van der Waals surface area contributed by atoms with E-state index in [2.05, 4.69) is 35.4 Å². The SMILES string of the molecule is CC(=O)N(c1cc2ccnc(NCc3cc(C#N)ccc3OCc3ccccc3)c2cc1C)C1CCCC1. The molecule has 1 heterocycles. The molecule has 0 spiro atoms. The summed E-state index contributed by atoms with van der Waals surface area (Å²) in [7, 11) is 0. The Bertz CT molecular complexity index is 1490. The number of fused-ring (bicyclic) bond motifs is 1. The highest BCUT2D eigenvalue weighted by Crippen LogP contribution is 2.35. The second-order valence-corrected chi connectivity index (χ2v) is 9.91. The molecule has 1 N–H and O–H groups in total. The van der Waals surface area contributed by atoms with Gasteiger partial charge in [0.25, 0.3) is 0 Å². The second kappa shape index (κ2) is 11.4. The highest BCUT2D eigenvalue weighted by molar-refractivity contribution is 5.99. The summed E-state index contributed by atoms with van der Waals surface area (Å²) in [5.74, 6) is 1.57. The summed E-state index contributed by atoms with van der Waals surface area (Å²) in [6.45, 7) is 4.62. The summed E-state index contributed by atoms with van der Waals surface area (Å²) in [5, 5.41) is 14.9. The molecule has 1 aromatic heterocycles. The number of aryl methyl sites for hydroxylation is 1. The Kier molecular flexibility index (Phi) is 7.55. The lowest BCUT2D eigenvalue weighted by Gasteiger charge is -2.30. The smallest absolute Gasteiger partial charge is 0.224 e.